The summed E-state index contributed by atoms with van der Waals surface area (Å²) in [6.45, 7) is -0.447. The summed E-state index contributed by atoms with van der Waals surface area (Å²) in [5.74, 6) is 0. The number of aromatic nitrogens is 5. The number of pyridine rings is 1. The first-order chi connectivity index (χ1) is 18.1. The standard InChI is InChI=1S/C25H21F3N6O4/c26-25(27,28)20-7-2-1-4-17(20)14-31-15-18(12-30-31)21-22(34(37)38)23(35)32(13-16-8-10-29-11-9-16)24(36)33(21)19-5-3-6-19/h1-2,4,7-12,15,19H,3,5-6,13-14H2. The summed E-state index contributed by atoms with van der Waals surface area (Å²) in [7, 11) is 0. The van der Waals surface area contributed by atoms with Crippen molar-refractivity contribution in [1.29, 1.82) is 0 Å². The molecule has 0 spiro atoms. The number of benzene rings is 1. The van der Waals surface area contributed by atoms with Gasteiger partial charge in [0, 0.05) is 30.2 Å². The van der Waals surface area contributed by atoms with Crippen molar-refractivity contribution in [2.75, 3.05) is 0 Å². The highest BCUT2D eigenvalue weighted by molar-refractivity contribution is 5.68. The molecule has 0 N–H and O–H groups in total. The minimum atomic E-state index is -4.57. The average Bonchev–Trinajstić information content (AvgIpc) is 3.30. The number of rotatable bonds is 7. The van der Waals surface area contributed by atoms with Crippen molar-refractivity contribution in [2.24, 2.45) is 0 Å². The third kappa shape index (κ3) is 4.62. The van der Waals surface area contributed by atoms with Gasteiger partial charge >= 0.3 is 23.1 Å². The summed E-state index contributed by atoms with van der Waals surface area (Å²) < 4.78 is 43.6. The van der Waals surface area contributed by atoms with Crippen LogP contribution in [-0.2, 0) is 19.3 Å². The zero-order valence-electron chi connectivity index (χ0n) is 19.8. The number of hydrogen-bond donors (Lipinski definition) is 0. The van der Waals surface area contributed by atoms with E-state index in [9.17, 15) is 32.9 Å². The number of halogens is 3. The molecule has 0 aliphatic heterocycles. The van der Waals surface area contributed by atoms with Crippen molar-refractivity contribution in [3.05, 3.63) is 109 Å². The van der Waals surface area contributed by atoms with Crippen LogP contribution >= 0.6 is 0 Å². The van der Waals surface area contributed by atoms with Crippen LogP contribution in [0, 0.1) is 10.1 Å². The molecule has 0 radical (unpaired) electrons. The molecule has 5 rings (SSSR count). The van der Waals surface area contributed by atoms with E-state index < -0.39 is 33.6 Å². The second-order valence-corrected chi connectivity index (χ2v) is 9.02. The molecule has 13 heteroatoms. The van der Waals surface area contributed by atoms with Gasteiger partial charge in [0.15, 0.2) is 0 Å². The summed E-state index contributed by atoms with van der Waals surface area (Å²) in [5.41, 5.74) is -2.97. The topological polar surface area (TPSA) is 118 Å². The summed E-state index contributed by atoms with van der Waals surface area (Å²) in [5, 5.41) is 16.3. The predicted octanol–water partition coefficient (Wildman–Crippen LogP) is 4.02. The van der Waals surface area contributed by atoms with Crippen molar-refractivity contribution < 1.29 is 18.1 Å². The third-order valence-corrected chi connectivity index (χ3v) is 6.62. The van der Waals surface area contributed by atoms with Crippen LogP contribution in [0.4, 0.5) is 18.9 Å². The fourth-order valence-electron chi connectivity index (χ4n) is 4.57. The molecule has 1 aliphatic carbocycles. The van der Waals surface area contributed by atoms with Gasteiger partial charge in [0.2, 0.25) is 0 Å². The van der Waals surface area contributed by atoms with Crippen molar-refractivity contribution >= 4 is 5.69 Å². The van der Waals surface area contributed by atoms with Gasteiger partial charge in [0.25, 0.3) is 0 Å². The largest absolute Gasteiger partial charge is 0.416 e. The van der Waals surface area contributed by atoms with Gasteiger partial charge in [-0.25, -0.2) is 9.36 Å². The number of alkyl halides is 3. The van der Waals surface area contributed by atoms with E-state index in [1.165, 1.54) is 52.2 Å². The fourth-order valence-corrected chi connectivity index (χ4v) is 4.57. The second-order valence-electron chi connectivity index (χ2n) is 9.02. The highest BCUT2D eigenvalue weighted by atomic mass is 19.4. The average molecular weight is 526 g/mol. The Bertz CT molecular complexity index is 1620. The number of hydrogen-bond acceptors (Lipinski definition) is 6. The molecule has 1 fully saturated rings. The molecule has 1 aromatic carbocycles. The Morgan fingerprint density at radius 1 is 1.05 bits per heavy atom. The van der Waals surface area contributed by atoms with E-state index in [4.69, 9.17) is 0 Å². The highest BCUT2D eigenvalue weighted by Gasteiger charge is 2.35. The Kier molecular flexibility index (Phi) is 6.43. The van der Waals surface area contributed by atoms with Crippen LogP contribution < -0.4 is 11.2 Å². The normalized spacial score (nSPS) is 13.9. The maximum absolute atomic E-state index is 13.6. The first kappa shape index (κ1) is 25.1. The third-order valence-electron chi connectivity index (χ3n) is 6.62. The smallest absolute Gasteiger partial charge is 0.284 e. The molecule has 1 aliphatic rings. The van der Waals surface area contributed by atoms with Gasteiger partial charge in [-0.2, -0.15) is 18.3 Å². The van der Waals surface area contributed by atoms with Crippen LogP contribution in [0.25, 0.3) is 11.3 Å². The van der Waals surface area contributed by atoms with Gasteiger partial charge in [-0.05, 0) is 48.6 Å². The maximum atomic E-state index is 13.6. The SMILES string of the molecule is O=c1c([N+](=O)[O-])c(-c2cnn(Cc3ccccc3C(F)(F)F)c2)n(C2CCC2)c(=O)n1Cc1ccncc1. The van der Waals surface area contributed by atoms with Gasteiger partial charge in [-0.1, -0.05) is 18.2 Å². The van der Waals surface area contributed by atoms with Crippen molar-refractivity contribution in [3.63, 3.8) is 0 Å². The Hall–Kier alpha value is -4.55. The summed E-state index contributed by atoms with van der Waals surface area (Å²) in [6, 6.07) is 7.86. The zero-order chi connectivity index (χ0) is 27.0. The van der Waals surface area contributed by atoms with Gasteiger partial charge in [-0.15, -0.1) is 0 Å². The minimum absolute atomic E-state index is 0.0479. The first-order valence-corrected chi connectivity index (χ1v) is 11.8. The zero-order valence-corrected chi connectivity index (χ0v) is 19.8. The Morgan fingerprint density at radius 3 is 2.39 bits per heavy atom. The first-order valence-electron chi connectivity index (χ1n) is 11.8. The molecule has 0 saturated heterocycles. The van der Waals surface area contributed by atoms with Crippen LogP contribution in [0.1, 0.15) is 42.0 Å². The van der Waals surface area contributed by atoms with Crippen LogP contribution in [0.2, 0.25) is 0 Å². The molecule has 10 nitrogen and oxygen atoms in total. The Labute approximate surface area is 212 Å². The molecule has 1 saturated carbocycles. The number of nitro groups is 1. The van der Waals surface area contributed by atoms with Crippen molar-refractivity contribution in [2.45, 2.75) is 44.6 Å². The van der Waals surface area contributed by atoms with E-state index in [2.05, 4.69) is 10.1 Å². The van der Waals surface area contributed by atoms with Crippen molar-refractivity contribution in [3.8, 4) is 11.3 Å². The minimum Gasteiger partial charge on any atom is -0.284 e. The summed E-state index contributed by atoms with van der Waals surface area (Å²) in [4.78, 5) is 42.1. The molecule has 0 bridgehead atoms. The second kappa shape index (κ2) is 9.72. The van der Waals surface area contributed by atoms with Crippen LogP contribution in [0.5, 0.6) is 0 Å². The molecule has 196 valence electrons. The van der Waals surface area contributed by atoms with Gasteiger partial charge in [0.1, 0.15) is 5.69 Å². The van der Waals surface area contributed by atoms with Crippen molar-refractivity contribution in [1.82, 2.24) is 23.9 Å². The molecule has 0 atom stereocenters. The molecule has 4 aromatic rings. The molecule has 0 unspecified atom stereocenters. The Balaban J connectivity index is 1.64. The lowest BCUT2D eigenvalue weighted by Crippen LogP contribution is -2.44. The summed E-state index contributed by atoms with van der Waals surface area (Å²) in [6.07, 6.45) is 2.92. The molecular weight excluding hydrogens is 505 g/mol. The van der Waals surface area contributed by atoms with E-state index in [1.54, 1.807) is 12.1 Å². The lowest BCUT2D eigenvalue weighted by molar-refractivity contribution is -0.386. The van der Waals surface area contributed by atoms with Gasteiger partial charge in [0.05, 0.1) is 29.8 Å². The molecule has 0 amide bonds. The van der Waals surface area contributed by atoms with E-state index >= 15 is 0 Å². The highest BCUT2D eigenvalue weighted by Crippen LogP contribution is 2.37. The van der Waals surface area contributed by atoms with E-state index in [0.29, 0.717) is 18.4 Å². The van der Waals surface area contributed by atoms with Crippen LogP contribution in [-0.4, -0.2) is 28.8 Å². The monoisotopic (exact) mass is 526 g/mol. The Morgan fingerprint density at radius 2 is 1.76 bits per heavy atom. The van der Waals surface area contributed by atoms with E-state index in [0.717, 1.165) is 17.1 Å². The molecule has 3 aromatic heterocycles. The van der Waals surface area contributed by atoms with E-state index in [1.807, 2.05) is 0 Å². The van der Waals surface area contributed by atoms with Crippen LogP contribution in [0.3, 0.4) is 0 Å². The predicted molar refractivity (Wildman–Crippen MR) is 130 cm³/mol. The van der Waals surface area contributed by atoms with Gasteiger partial charge in [-0.3, -0.25) is 29.1 Å². The van der Waals surface area contributed by atoms with E-state index in [-0.39, 0.29) is 36.0 Å². The maximum Gasteiger partial charge on any atom is 0.416 e. The summed E-state index contributed by atoms with van der Waals surface area (Å²) >= 11 is 0. The number of nitrogens with zero attached hydrogens (tertiary/aromatic N) is 6. The van der Waals surface area contributed by atoms with Gasteiger partial charge < -0.3 is 0 Å². The molecule has 38 heavy (non-hydrogen) atoms. The lowest BCUT2D eigenvalue weighted by Gasteiger charge is -2.30. The quantitative estimate of drug-likeness (QED) is 0.265. The van der Waals surface area contributed by atoms with Crippen LogP contribution in [0.15, 0.2) is 70.8 Å². The lowest BCUT2D eigenvalue weighted by atomic mass is 9.92. The molecular formula is C25H21F3N6O4. The fraction of sp³-hybridized carbons (Fsp3) is 0.280. The molecule has 3 heterocycles.